The first kappa shape index (κ1) is 15.1. The topological polar surface area (TPSA) is 9.23 Å². The Morgan fingerprint density at radius 3 is 1.72 bits per heavy atom. The Labute approximate surface area is 123 Å². The van der Waals surface area contributed by atoms with Crippen molar-refractivity contribution < 1.29 is 4.74 Å². The molecule has 0 radical (unpaired) electrons. The van der Waals surface area contributed by atoms with Gasteiger partial charge in [0.05, 0.1) is 6.10 Å². The Hall–Kier alpha value is 0.660. The molecule has 0 aromatic heterocycles. The molecule has 0 amide bonds. The molecule has 0 spiro atoms. The monoisotopic (exact) mass is 288 g/mol. The van der Waals surface area contributed by atoms with Gasteiger partial charge in [0.25, 0.3) is 0 Å². The highest BCUT2D eigenvalue weighted by Crippen LogP contribution is 2.40. The van der Waals surface area contributed by atoms with E-state index in [0.29, 0.717) is 28.4 Å². The molecule has 0 aromatic carbocycles. The van der Waals surface area contributed by atoms with Crippen LogP contribution in [0, 0.1) is 11.8 Å². The molecule has 0 heterocycles. The van der Waals surface area contributed by atoms with Crippen LogP contribution < -0.4 is 0 Å². The predicted molar refractivity (Wildman–Crippen MR) is 84.9 cm³/mol. The van der Waals surface area contributed by atoms with Crippen LogP contribution >= 0.6 is 25.3 Å². The summed E-state index contributed by atoms with van der Waals surface area (Å²) >= 11 is 9.67. The van der Waals surface area contributed by atoms with Crippen LogP contribution in [0.25, 0.3) is 0 Å². The van der Waals surface area contributed by atoms with E-state index in [1.54, 1.807) is 0 Å². The zero-order valence-electron chi connectivity index (χ0n) is 11.6. The summed E-state index contributed by atoms with van der Waals surface area (Å²) < 4.78 is 6.16. The van der Waals surface area contributed by atoms with Crippen LogP contribution in [0.4, 0.5) is 0 Å². The molecule has 2 saturated carbocycles. The first-order valence-corrected chi connectivity index (χ1v) is 8.75. The zero-order chi connectivity index (χ0) is 13.0. The quantitative estimate of drug-likeness (QED) is 0.730. The highest BCUT2D eigenvalue weighted by molar-refractivity contribution is 7.81. The van der Waals surface area contributed by atoms with Gasteiger partial charge in [-0.1, -0.05) is 25.7 Å². The van der Waals surface area contributed by atoms with Crippen molar-refractivity contribution in [2.75, 3.05) is 6.61 Å². The second kappa shape index (κ2) is 7.44. The second-order valence-corrected chi connectivity index (χ2v) is 7.28. The minimum atomic E-state index is 0.403. The van der Waals surface area contributed by atoms with Gasteiger partial charge < -0.3 is 4.74 Å². The van der Waals surface area contributed by atoms with Crippen molar-refractivity contribution in [3.63, 3.8) is 0 Å². The van der Waals surface area contributed by atoms with Gasteiger partial charge in [-0.2, -0.15) is 25.3 Å². The van der Waals surface area contributed by atoms with Gasteiger partial charge in [-0.3, -0.25) is 0 Å². The smallest absolute Gasteiger partial charge is 0.0652 e. The van der Waals surface area contributed by atoms with Crippen LogP contribution in [-0.2, 0) is 4.74 Å². The van der Waals surface area contributed by atoms with Gasteiger partial charge in [0.1, 0.15) is 0 Å². The highest BCUT2D eigenvalue weighted by Gasteiger charge is 2.38. The number of hydrogen-bond acceptors (Lipinski definition) is 3. The average molecular weight is 289 g/mol. The molecule has 0 aromatic rings. The fraction of sp³-hybridized carbons (Fsp3) is 1.00. The van der Waals surface area contributed by atoms with Gasteiger partial charge in [-0.05, 0) is 44.4 Å². The molecule has 2 fully saturated rings. The summed E-state index contributed by atoms with van der Waals surface area (Å²) in [4.78, 5) is 0. The Kier molecular flexibility index (Phi) is 6.23. The summed E-state index contributed by atoms with van der Waals surface area (Å²) in [6, 6.07) is 0. The van der Waals surface area contributed by atoms with E-state index in [9.17, 15) is 0 Å². The molecule has 2 rings (SSSR count). The molecule has 5 atom stereocenters. The lowest BCUT2D eigenvalue weighted by Crippen LogP contribution is -2.43. The third kappa shape index (κ3) is 3.61. The molecule has 3 unspecified atom stereocenters. The van der Waals surface area contributed by atoms with E-state index in [0.717, 1.165) is 6.61 Å². The molecule has 0 aliphatic heterocycles. The Balaban J connectivity index is 2.05. The van der Waals surface area contributed by atoms with E-state index in [1.165, 1.54) is 51.4 Å². The SMILES string of the molecule is CCOC(C1CCCC[C@H]1S)C1CCCC[C@@H]1S. The van der Waals surface area contributed by atoms with Crippen LogP contribution in [0.15, 0.2) is 0 Å². The first-order valence-electron chi connectivity index (χ1n) is 7.71. The van der Waals surface area contributed by atoms with E-state index in [-0.39, 0.29) is 0 Å². The summed E-state index contributed by atoms with van der Waals surface area (Å²) in [6.07, 6.45) is 10.9. The van der Waals surface area contributed by atoms with Crippen molar-refractivity contribution >= 4 is 25.3 Å². The Bertz CT molecular complexity index is 225. The highest BCUT2D eigenvalue weighted by atomic mass is 32.1. The van der Waals surface area contributed by atoms with Gasteiger partial charge >= 0.3 is 0 Å². The van der Waals surface area contributed by atoms with Crippen LogP contribution in [0.1, 0.15) is 58.3 Å². The molecule has 3 heteroatoms. The molecule has 0 saturated heterocycles. The Morgan fingerprint density at radius 1 is 0.889 bits per heavy atom. The lowest BCUT2D eigenvalue weighted by atomic mass is 9.74. The summed E-state index contributed by atoms with van der Waals surface area (Å²) in [5.41, 5.74) is 0. The van der Waals surface area contributed by atoms with Gasteiger partial charge in [0.15, 0.2) is 0 Å². The maximum absolute atomic E-state index is 6.16. The standard InChI is InChI=1S/C15H28OS2/c1-2-16-15(11-7-3-5-9-13(11)17)12-8-4-6-10-14(12)18/h11-15,17-18H,2-10H2,1H3/t11?,12?,13-,14+,15?. The van der Waals surface area contributed by atoms with Crippen molar-refractivity contribution in [2.24, 2.45) is 11.8 Å². The van der Waals surface area contributed by atoms with Crippen LogP contribution in [0.5, 0.6) is 0 Å². The van der Waals surface area contributed by atoms with Crippen molar-refractivity contribution in [3.8, 4) is 0 Å². The maximum Gasteiger partial charge on any atom is 0.0652 e. The molecule has 1 nitrogen and oxygen atoms in total. The van der Waals surface area contributed by atoms with Gasteiger partial charge in [0.2, 0.25) is 0 Å². The average Bonchev–Trinajstić information content (AvgIpc) is 2.38. The van der Waals surface area contributed by atoms with Crippen LogP contribution in [-0.4, -0.2) is 23.2 Å². The third-order valence-electron chi connectivity index (χ3n) is 4.77. The van der Waals surface area contributed by atoms with E-state index >= 15 is 0 Å². The normalized spacial score (nSPS) is 39.5. The first-order chi connectivity index (χ1) is 8.74. The minimum Gasteiger partial charge on any atom is -0.378 e. The Morgan fingerprint density at radius 2 is 1.33 bits per heavy atom. The minimum absolute atomic E-state index is 0.403. The second-order valence-electron chi connectivity index (χ2n) is 5.95. The zero-order valence-corrected chi connectivity index (χ0v) is 13.3. The third-order valence-corrected chi connectivity index (χ3v) is 6.05. The molecule has 2 aliphatic rings. The molecule has 18 heavy (non-hydrogen) atoms. The fourth-order valence-electron chi connectivity index (χ4n) is 3.80. The van der Waals surface area contributed by atoms with Gasteiger partial charge in [0, 0.05) is 17.1 Å². The largest absolute Gasteiger partial charge is 0.378 e. The summed E-state index contributed by atoms with van der Waals surface area (Å²) in [5, 5.41) is 1.08. The lowest BCUT2D eigenvalue weighted by molar-refractivity contribution is -0.0367. The number of thiol groups is 2. The van der Waals surface area contributed by atoms with Crippen molar-refractivity contribution in [1.29, 1.82) is 0 Å². The summed E-state index contributed by atoms with van der Waals surface area (Å²) in [6.45, 7) is 2.96. The van der Waals surface area contributed by atoms with Gasteiger partial charge in [-0.25, -0.2) is 0 Å². The van der Waals surface area contributed by atoms with E-state index < -0.39 is 0 Å². The maximum atomic E-state index is 6.16. The predicted octanol–water partition coefficient (Wildman–Crippen LogP) is 4.37. The number of ether oxygens (including phenoxy) is 1. The number of rotatable bonds is 4. The molecular formula is C15H28OS2. The lowest BCUT2D eigenvalue weighted by Gasteiger charge is -2.42. The van der Waals surface area contributed by atoms with Crippen molar-refractivity contribution in [1.82, 2.24) is 0 Å². The summed E-state index contributed by atoms with van der Waals surface area (Å²) in [7, 11) is 0. The van der Waals surface area contributed by atoms with Crippen LogP contribution in [0.2, 0.25) is 0 Å². The molecule has 106 valence electrons. The molecule has 0 N–H and O–H groups in total. The molecule has 2 aliphatic carbocycles. The molecule has 0 bridgehead atoms. The van der Waals surface area contributed by atoms with E-state index in [1.807, 2.05) is 0 Å². The van der Waals surface area contributed by atoms with Crippen LogP contribution in [0.3, 0.4) is 0 Å². The van der Waals surface area contributed by atoms with E-state index in [4.69, 9.17) is 30.0 Å². The van der Waals surface area contributed by atoms with Gasteiger partial charge in [-0.15, -0.1) is 0 Å². The van der Waals surface area contributed by atoms with Crippen molar-refractivity contribution in [2.45, 2.75) is 74.9 Å². The number of hydrogen-bond donors (Lipinski definition) is 2. The molecular weight excluding hydrogens is 260 g/mol. The van der Waals surface area contributed by atoms with E-state index in [2.05, 4.69) is 6.92 Å². The fourth-order valence-corrected chi connectivity index (χ4v) is 4.81. The summed E-state index contributed by atoms with van der Waals surface area (Å²) in [5.74, 6) is 1.31. The van der Waals surface area contributed by atoms with Crippen molar-refractivity contribution in [3.05, 3.63) is 0 Å².